The number of carbonyl (C=O) groups excluding carboxylic acids is 1. The van der Waals surface area contributed by atoms with Gasteiger partial charge in [-0.15, -0.1) is 11.3 Å². The Labute approximate surface area is 93.3 Å². The molecule has 2 rings (SSSR count). The molecule has 82 valence electrons. The molecule has 0 saturated carbocycles. The van der Waals surface area contributed by atoms with Gasteiger partial charge in [0.25, 0.3) is 0 Å². The second-order valence-corrected chi connectivity index (χ2v) is 4.75. The van der Waals surface area contributed by atoms with Gasteiger partial charge in [-0.2, -0.15) is 0 Å². The number of aromatic nitrogens is 1. The topological polar surface area (TPSA) is 49.8 Å². The third-order valence-corrected chi connectivity index (χ3v) is 3.49. The van der Waals surface area contributed by atoms with Crippen molar-refractivity contribution in [1.82, 2.24) is 9.88 Å². The number of piperazine rings is 1. The molecular formula is C10H16N3OS+. The molecule has 0 bridgehead atoms. The Morgan fingerprint density at radius 2 is 2.33 bits per heavy atom. The average molecular weight is 226 g/mol. The van der Waals surface area contributed by atoms with Gasteiger partial charge in [0.2, 0.25) is 5.91 Å². The van der Waals surface area contributed by atoms with Crippen LogP contribution in [0.5, 0.6) is 0 Å². The Hall–Kier alpha value is -0.940. The lowest BCUT2D eigenvalue weighted by atomic mass is 10.3. The fourth-order valence-corrected chi connectivity index (χ4v) is 2.49. The Balaban J connectivity index is 1.91. The predicted octanol–water partition coefficient (Wildman–Crippen LogP) is -0.600. The molecule has 15 heavy (non-hydrogen) atoms. The summed E-state index contributed by atoms with van der Waals surface area (Å²) in [6.45, 7) is 5.78. The highest BCUT2D eigenvalue weighted by atomic mass is 32.1. The van der Waals surface area contributed by atoms with Gasteiger partial charge in [0, 0.05) is 11.1 Å². The molecule has 1 aliphatic rings. The largest absolute Gasteiger partial charge is 0.343 e. The molecule has 0 aromatic carbocycles. The summed E-state index contributed by atoms with van der Waals surface area (Å²) in [6.07, 6.45) is 0.471. The fourth-order valence-electron chi connectivity index (χ4n) is 1.72. The van der Waals surface area contributed by atoms with E-state index >= 15 is 0 Å². The quantitative estimate of drug-likeness (QED) is 0.732. The molecule has 1 aliphatic heterocycles. The summed E-state index contributed by atoms with van der Waals surface area (Å²) in [7, 11) is 0. The average Bonchev–Trinajstić information content (AvgIpc) is 2.65. The maximum Gasteiger partial charge on any atom is 0.229 e. The van der Waals surface area contributed by atoms with Gasteiger partial charge in [-0.1, -0.05) is 0 Å². The smallest absolute Gasteiger partial charge is 0.229 e. The minimum atomic E-state index is 0.220. The number of thiazole rings is 1. The van der Waals surface area contributed by atoms with Gasteiger partial charge >= 0.3 is 0 Å². The minimum absolute atomic E-state index is 0.220. The molecule has 0 unspecified atom stereocenters. The lowest BCUT2D eigenvalue weighted by molar-refractivity contribution is -0.662. The van der Waals surface area contributed by atoms with Crippen LogP contribution in [0.4, 0.5) is 0 Å². The van der Waals surface area contributed by atoms with Gasteiger partial charge in [-0.05, 0) is 6.92 Å². The van der Waals surface area contributed by atoms with Crippen LogP contribution in [0.2, 0.25) is 0 Å². The van der Waals surface area contributed by atoms with Crippen molar-refractivity contribution >= 4 is 17.2 Å². The highest BCUT2D eigenvalue weighted by Gasteiger charge is 2.19. The molecule has 0 atom stereocenters. The molecule has 2 N–H and O–H groups in total. The minimum Gasteiger partial charge on any atom is -0.343 e. The second kappa shape index (κ2) is 4.72. The zero-order valence-corrected chi connectivity index (χ0v) is 9.72. The van der Waals surface area contributed by atoms with Crippen LogP contribution >= 0.6 is 11.3 Å². The van der Waals surface area contributed by atoms with Crippen LogP contribution < -0.4 is 5.32 Å². The first kappa shape index (κ1) is 10.6. The Kier molecular flexibility index (Phi) is 3.33. The molecule has 2 heterocycles. The SMILES string of the molecule is Cc1csc(CC(=O)N2CC[NH2+]CC2)n1. The Morgan fingerprint density at radius 3 is 2.93 bits per heavy atom. The zero-order chi connectivity index (χ0) is 10.7. The van der Waals surface area contributed by atoms with Gasteiger partial charge in [0.05, 0.1) is 32.6 Å². The van der Waals surface area contributed by atoms with Crippen molar-refractivity contribution in [2.24, 2.45) is 0 Å². The second-order valence-electron chi connectivity index (χ2n) is 3.81. The Bertz CT molecular complexity index is 344. The summed E-state index contributed by atoms with van der Waals surface area (Å²) in [4.78, 5) is 18.1. The number of carbonyl (C=O) groups is 1. The first-order chi connectivity index (χ1) is 7.25. The van der Waals surface area contributed by atoms with E-state index in [9.17, 15) is 4.79 Å². The fraction of sp³-hybridized carbons (Fsp3) is 0.600. The maximum atomic E-state index is 11.9. The van der Waals surface area contributed by atoms with E-state index in [2.05, 4.69) is 10.3 Å². The molecule has 1 saturated heterocycles. The zero-order valence-electron chi connectivity index (χ0n) is 8.90. The summed E-state index contributed by atoms with van der Waals surface area (Å²) in [5.41, 5.74) is 1.01. The third kappa shape index (κ3) is 2.76. The van der Waals surface area contributed by atoms with Crippen LogP contribution in [0, 0.1) is 6.92 Å². The van der Waals surface area contributed by atoms with E-state index in [0.717, 1.165) is 36.9 Å². The van der Waals surface area contributed by atoms with Crippen LogP contribution in [0.15, 0.2) is 5.38 Å². The summed E-state index contributed by atoms with van der Waals surface area (Å²) in [5, 5.41) is 5.18. The lowest BCUT2D eigenvalue weighted by Crippen LogP contribution is -2.89. The van der Waals surface area contributed by atoms with Gasteiger partial charge in [0.1, 0.15) is 5.01 Å². The molecule has 0 radical (unpaired) electrons. The molecule has 0 aliphatic carbocycles. The van der Waals surface area contributed by atoms with Crippen molar-refractivity contribution in [3.8, 4) is 0 Å². The van der Waals surface area contributed by atoms with Crippen LogP contribution in [-0.2, 0) is 11.2 Å². The number of rotatable bonds is 2. The number of aryl methyl sites for hydroxylation is 1. The van der Waals surface area contributed by atoms with Crippen LogP contribution in [-0.4, -0.2) is 42.0 Å². The third-order valence-electron chi connectivity index (χ3n) is 2.53. The predicted molar refractivity (Wildman–Crippen MR) is 58.8 cm³/mol. The molecule has 0 spiro atoms. The van der Waals surface area contributed by atoms with E-state index in [1.165, 1.54) is 0 Å². The van der Waals surface area contributed by atoms with E-state index < -0.39 is 0 Å². The number of hydrogen-bond acceptors (Lipinski definition) is 3. The first-order valence-electron chi connectivity index (χ1n) is 5.26. The van der Waals surface area contributed by atoms with E-state index in [4.69, 9.17) is 0 Å². The van der Waals surface area contributed by atoms with Crippen molar-refractivity contribution < 1.29 is 10.1 Å². The molecule has 1 aromatic heterocycles. The van der Waals surface area contributed by atoms with E-state index in [-0.39, 0.29) is 5.91 Å². The maximum absolute atomic E-state index is 11.9. The number of amides is 1. The molecular weight excluding hydrogens is 210 g/mol. The number of hydrogen-bond donors (Lipinski definition) is 1. The van der Waals surface area contributed by atoms with Gasteiger partial charge in [-0.3, -0.25) is 4.79 Å². The van der Waals surface area contributed by atoms with Gasteiger partial charge < -0.3 is 10.2 Å². The van der Waals surface area contributed by atoms with E-state index in [0.29, 0.717) is 6.42 Å². The molecule has 4 nitrogen and oxygen atoms in total. The standard InChI is InChI=1S/C10H15N3OS/c1-8-7-15-9(12-8)6-10(14)13-4-2-11-3-5-13/h7,11H,2-6H2,1H3/p+1. The van der Waals surface area contributed by atoms with Crippen molar-refractivity contribution in [1.29, 1.82) is 0 Å². The first-order valence-corrected chi connectivity index (χ1v) is 6.14. The van der Waals surface area contributed by atoms with Crippen LogP contribution in [0.1, 0.15) is 10.7 Å². The van der Waals surface area contributed by atoms with E-state index in [1.807, 2.05) is 17.2 Å². The molecule has 1 amide bonds. The summed E-state index contributed by atoms with van der Waals surface area (Å²) in [5.74, 6) is 0.220. The summed E-state index contributed by atoms with van der Waals surface area (Å²) in [6, 6.07) is 0. The molecule has 5 heteroatoms. The number of nitrogens with zero attached hydrogens (tertiary/aromatic N) is 2. The monoisotopic (exact) mass is 226 g/mol. The van der Waals surface area contributed by atoms with Crippen LogP contribution in [0.3, 0.4) is 0 Å². The van der Waals surface area contributed by atoms with Crippen molar-refractivity contribution in [3.05, 3.63) is 16.1 Å². The number of nitrogens with two attached hydrogens (primary N) is 1. The summed E-state index contributed by atoms with van der Waals surface area (Å²) < 4.78 is 0. The highest BCUT2D eigenvalue weighted by molar-refractivity contribution is 7.09. The van der Waals surface area contributed by atoms with E-state index in [1.54, 1.807) is 11.3 Å². The van der Waals surface area contributed by atoms with Crippen molar-refractivity contribution in [2.45, 2.75) is 13.3 Å². The molecule has 1 aromatic rings. The Morgan fingerprint density at radius 1 is 1.60 bits per heavy atom. The lowest BCUT2D eigenvalue weighted by Gasteiger charge is -2.24. The summed E-state index contributed by atoms with van der Waals surface area (Å²) >= 11 is 1.58. The van der Waals surface area contributed by atoms with Crippen molar-refractivity contribution in [3.63, 3.8) is 0 Å². The normalized spacial score (nSPS) is 16.7. The van der Waals surface area contributed by atoms with Gasteiger partial charge in [-0.25, -0.2) is 4.98 Å². The molecule has 1 fully saturated rings. The van der Waals surface area contributed by atoms with Gasteiger partial charge in [0.15, 0.2) is 0 Å². The highest BCUT2D eigenvalue weighted by Crippen LogP contribution is 2.10. The van der Waals surface area contributed by atoms with Crippen molar-refractivity contribution in [2.75, 3.05) is 26.2 Å². The van der Waals surface area contributed by atoms with Crippen LogP contribution in [0.25, 0.3) is 0 Å². The number of quaternary nitrogens is 1.